The molecule has 318 valence electrons. The summed E-state index contributed by atoms with van der Waals surface area (Å²) in [7, 11) is 0. The molecule has 19 atom stereocenters. The highest BCUT2D eigenvalue weighted by Gasteiger charge is 2.54. The summed E-state index contributed by atoms with van der Waals surface area (Å²) in [5.41, 5.74) is -1.04. The largest absolute Gasteiger partial charge is 0.457 e. The lowest BCUT2D eigenvalue weighted by Gasteiger charge is -2.49. The van der Waals surface area contributed by atoms with Crippen LogP contribution in [0.25, 0.3) is 0 Å². The maximum atomic E-state index is 11.2. The Labute approximate surface area is 331 Å². The van der Waals surface area contributed by atoms with E-state index >= 15 is 0 Å². The fraction of sp³-hybridized carbons (Fsp3) is 0.622. The third-order valence-electron chi connectivity index (χ3n) is 10.5. The van der Waals surface area contributed by atoms with Gasteiger partial charge in [-0.05, 0) is 48.9 Å². The number of hydrogen-bond donors (Lipinski definition) is 13. The fourth-order valence-electron chi connectivity index (χ4n) is 7.24. The zero-order valence-corrected chi connectivity index (χ0v) is 31.4. The standard InChI is InChI=1S/C37H51NO18S/c1-15-23(38-20-11-16(12-39)24(42)27(45)25(20)43)26(44)30(48)35(51-15)55-33-21(13-40)53-36(31(49)28(33)46)56-34-22(14-41)54-37(32(50)29(34)47)57-19-9-7-18(8-10-19)52-17-5-3-2-4-6-17/h2-11,15,20-50H,12-14H2,1H3. The molecule has 2 aromatic rings. The van der Waals surface area contributed by atoms with Crippen LogP contribution >= 0.6 is 11.8 Å². The Balaban J connectivity index is 1.06. The summed E-state index contributed by atoms with van der Waals surface area (Å²) in [6.45, 7) is -0.640. The van der Waals surface area contributed by atoms with E-state index in [1.807, 2.05) is 18.2 Å². The molecule has 13 N–H and O–H groups in total. The van der Waals surface area contributed by atoms with Gasteiger partial charge in [-0.15, -0.1) is 0 Å². The van der Waals surface area contributed by atoms with Crippen molar-refractivity contribution in [2.45, 2.75) is 127 Å². The molecule has 6 rings (SSSR count). The fourth-order valence-corrected chi connectivity index (χ4v) is 8.30. The molecule has 20 heteroatoms. The van der Waals surface area contributed by atoms with E-state index in [4.69, 9.17) is 28.4 Å². The second kappa shape index (κ2) is 19.3. The van der Waals surface area contributed by atoms with Crippen LogP contribution in [0.4, 0.5) is 0 Å². The molecule has 3 fully saturated rings. The number of nitrogens with one attached hydrogen (secondary N) is 1. The van der Waals surface area contributed by atoms with Crippen LogP contribution in [0.15, 0.2) is 71.1 Å². The number of aliphatic hydroxyl groups is 12. The van der Waals surface area contributed by atoms with Crippen molar-refractivity contribution in [3.05, 3.63) is 66.2 Å². The first-order chi connectivity index (χ1) is 27.3. The van der Waals surface area contributed by atoms with Crippen LogP contribution in [0.1, 0.15) is 6.92 Å². The summed E-state index contributed by atoms with van der Waals surface area (Å²) in [5.74, 6) is 1.21. The minimum atomic E-state index is -1.93. The highest BCUT2D eigenvalue weighted by molar-refractivity contribution is 7.99. The average Bonchev–Trinajstić information content (AvgIpc) is 3.21. The zero-order chi connectivity index (χ0) is 41.1. The van der Waals surface area contributed by atoms with Crippen LogP contribution in [-0.4, -0.2) is 197 Å². The van der Waals surface area contributed by atoms with Crippen LogP contribution < -0.4 is 10.1 Å². The molecule has 4 aliphatic rings. The Morgan fingerprint density at radius 1 is 0.614 bits per heavy atom. The van der Waals surface area contributed by atoms with Crippen molar-refractivity contribution in [3.63, 3.8) is 0 Å². The van der Waals surface area contributed by atoms with Crippen LogP contribution in [0, 0.1) is 0 Å². The minimum absolute atomic E-state index is 0.0256. The van der Waals surface area contributed by atoms with E-state index in [1.54, 1.807) is 36.4 Å². The molecule has 1 aliphatic carbocycles. The molecule has 3 saturated heterocycles. The summed E-state index contributed by atoms with van der Waals surface area (Å²) >= 11 is 1.07. The van der Waals surface area contributed by atoms with Crippen molar-refractivity contribution >= 4 is 11.8 Å². The van der Waals surface area contributed by atoms with E-state index in [9.17, 15) is 61.3 Å². The van der Waals surface area contributed by atoms with E-state index in [1.165, 1.54) is 13.0 Å². The highest BCUT2D eigenvalue weighted by atomic mass is 32.2. The van der Waals surface area contributed by atoms with Gasteiger partial charge in [-0.25, -0.2) is 0 Å². The molecule has 0 amide bonds. The van der Waals surface area contributed by atoms with Gasteiger partial charge < -0.3 is 95.0 Å². The van der Waals surface area contributed by atoms with Gasteiger partial charge in [0.25, 0.3) is 0 Å². The molecule has 0 saturated carbocycles. The lowest BCUT2D eigenvalue weighted by atomic mass is 9.86. The molecular weight excluding hydrogens is 778 g/mol. The van der Waals surface area contributed by atoms with Crippen molar-refractivity contribution in [1.29, 1.82) is 0 Å². The lowest BCUT2D eigenvalue weighted by molar-refractivity contribution is -0.366. The third kappa shape index (κ3) is 9.66. The smallest absolute Gasteiger partial charge is 0.187 e. The predicted octanol–water partition coefficient (Wildman–Crippen LogP) is -3.97. The van der Waals surface area contributed by atoms with E-state index in [0.717, 1.165) is 11.8 Å². The van der Waals surface area contributed by atoms with Gasteiger partial charge in [0, 0.05) is 4.90 Å². The maximum absolute atomic E-state index is 11.2. The van der Waals surface area contributed by atoms with Gasteiger partial charge in [-0.3, -0.25) is 0 Å². The second-order valence-electron chi connectivity index (χ2n) is 14.4. The first-order valence-electron chi connectivity index (χ1n) is 18.4. The number of hydrogen-bond acceptors (Lipinski definition) is 20. The average molecular weight is 830 g/mol. The first-order valence-corrected chi connectivity index (χ1v) is 19.3. The molecular formula is C37H51NO18S. The monoisotopic (exact) mass is 829 g/mol. The summed E-state index contributed by atoms with van der Waals surface area (Å²) in [6.07, 6.45) is -24.1. The van der Waals surface area contributed by atoms with Crippen LogP contribution in [0.5, 0.6) is 11.5 Å². The van der Waals surface area contributed by atoms with Crippen molar-refractivity contribution in [3.8, 4) is 11.5 Å². The van der Waals surface area contributed by atoms with E-state index in [2.05, 4.69) is 5.32 Å². The molecule has 19 nitrogen and oxygen atoms in total. The Kier molecular flexibility index (Phi) is 15.0. The maximum Gasteiger partial charge on any atom is 0.187 e. The van der Waals surface area contributed by atoms with E-state index in [0.29, 0.717) is 16.4 Å². The number of benzene rings is 2. The molecule has 0 radical (unpaired) electrons. The van der Waals surface area contributed by atoms with Gasteiger partial charge in [0.2, 0.25) is 0 Å². The number of ether oxygens (including phenoxy) is 6. The van der Waals surface area contributed by atoms with Gasteiger partial charge in [0.05, 0.1) is 38.0 Å². The lowest BCUT2D eigenvalue weighted by Crippen LogP contribution is -2.68. The van der Waals surface area contributed by atoms with Crippen molar-refractivity contribution in [2.75, 3.05) is 19.8 Å². The van der Waals surface area contributed by atoms with Crippen molar-refractivity contribution < 1.29 is 89.7 Å². The Morgan fingerprint density at radius 2 is 1.18 bits per heavy atom. The number of rotatable bonds is 13. The second-order valence-corrected chi connectivity index (χ2v) is 15.5. The third-order valence-corrected chi connectivity index (χ3v) is 11.7. The van der Waals surface area contributed by atoms with Crippen LogP contribution in [0.3, 0.4) is 0 Å². The minimum Gasteiger partial charge on any atom is -0.457 e. The normalized spacial score (nSPS) is 42.7. The summed E-state index contributed by atoms with van der Waals surface area (Å²) in [4.78, 5) is 0.645. The topological polar surface area (TPSA) is 310 Å². The van der Waals surface area contributed by atoms with Gasteiger partial charge in [-0.2, -0.15) is 0 Å². The molecule has 19 unspecified atom stereocenters. The molecule has 3 aliphatic heterocycles. The zero-order valence-electron chi connectivity index (χ0n) is 30.6. The molecule has 3 heterocycles. The number of aliphatic hydroxyl groups excluding tert-OH is 12. The summed E-state index contributed by atoms with van der Waals surface area (Å²) < 4.78 is 34.8. The van der Waals surface area contributed by atoms with Gasteiger partial charge in [-0.1, -0.05) is 36.0 Å². The van der Waals surface area contributed by atoms with Gasteiger partial charge in [0.15, 0.2) is 12.6 Å². The Bertz CT molecular complexity index is 1590. The molecule has 0 bridgehead atoms. The molecule has 0 spiro atoms. The van der Waals surface area contributed by atoms with E-state index < -0.39 is 135 Å². The SMILES string of the molecule is CC1OC(OC2C(CO)OC(OC3C(CO)OC(Sc4ccc(Oc5ccccc5)cc4)C(O)C3O)C(O)C2O)C(O)C(O)C1NC1C=C(CO)C(O)C(O)C1O. The van der Waals surface area contributed by atoms with Crippen molar-refractivity contribution in [2.24, 2.45) is 0 Å². The van der Waals surface area contributed by atoms with Crippen LogP contribution in [-0.2, 0) is 23.7 Å². The summed E-state index contributed by atoms with van der Waals surface area (Å²) in [5, 5.41) is 130. The Morgan fingerprint density at radius 3 is 1.79 bits per heavy atom. The van der Waals surface area contributed by atoms with Gasteiger partial charge >= 0.3 is 0 Å². The van der Waals surface area contributed by atoms with Crippen molar-refractivity contribution in [1.82, 2.24) is 5.32 Å². The van der Waals surface area contributed by atoms with E-state index in [-0.39, 0.29) is 5.57 Å². The number of thioether (sulfide) groups is 1. The number of para-hydroxylation sites is 1. The van der Waals surface area contributed by atoms with Gasteiger partial charge in [0.1, 0.15) is 96.3 Å². The first kappa shape index (κ1) is 44.2. The van der Waals surface area contributed by atoms with Crippen LogP contribution in [0.2, 0.25) is 0 Å². The summed E-state index contributed by atoms with van der Waals surface area (Å²) in [6, 6.07) is 13.9. The molecule has 57 heavy (non-hydrogen) atoms. The molecule has 0 aromatic heterocycles. The quantitative estimate of drug-likeness (QED) is 0.0857. The highest BCUT2D eigenvalue weighted by Crippen LogP contribution is 2.37. The Hall–Kier alpha value is -2.39. The molecule has 2 aromatic carbocycles. The predicted molar refractivity (Wildman–Crippen MR) is 194 cm³/mol.